The molecule has 1 rings (SSSR count). The fourth-order valence-electron chi connectivity index (χ4n) is 2.34. The van der Waals surface area contributed by atoms with Crippen LogP contribution in [-0.2, 0) is 21.0 Å². The largest absolute Gasteiger partial charge is 0.379 e. The maximum Gasteiger partial charge on any atom is 0.191 e. The second-order valence-corrected chi connectivity index (χ2v) is 8.93. The summed E-state index contributed by atoms with van der Waals surface area (Å²) in [7, 11) is -1.23. The van der Waals surface area contributed by atoms with Crippen molar-refractivity contribution in [1.82, 2.24) is 10.6 Å². The molecule has 148 valence electrons. The van der Waals surface area contributed by atoms with Gasteiger partial charge in [0.15, 0.2) is 5.96 Å². The van der Waals surface area contributed by atoms with E-state index in [9.17, 15) is 8.42 Å². The lowest BCUT2D eigenvalue weighted by Crippen LogP contribution is -2.39. The zero-order valence-corrected chi connectivity index (χ0v) is 17.2. The lowest BCUT2D eigenvalue weighted by Gasteiger charge is -2.12. The molecule has 0 unspecified atom stereocenters. The monoisotopic (exact) mass is 383 g/mol. The number of ether oxygens (including phenoxy) is 1. The Hall–Kier alpha value is -1.60. The van der Waals surface area contributed by atoms with Crippen LogP contribution in [0.4, 0.5) is 0 Å². The van der Waals surface area contributed by atoms with Crippen molar-refractivity contribution in [2.24, 2.45) is 4.99 Å². The highest BCUT2D eigenvalue weighted by atomic mass is 32.2. The van der Waals surface area contributed by atoms with Gasteiger partial charge in [0, 0.05) is 26.4 Å². The smallest absolute Gasteiger partial charge is 0.191 e. The van der Waals surface area contributed by atoms with Crippen LogP contribution in [0.5, 0.6) is 0 Å². The van der Waals surface area contributed by atoms with Crippen LogP contribution in [0.1, 0.15) is 37.3 Å². The molecule has 6 nitrogen and oxygen atoms in total. The summed E-state index contributed by atoms with van der Waals surface area (Å²) in [5.41, 5.74) is 2.72. The Morgan fingerprint density at radius 2 is 1.77 bits per heavy atom. The average molecular weight is 384 g/mol. The van der Waals surface area contributed by atoms with Crippen LogP contribution in [0.3, 0.4) is 0 Å². The van der Waals surface area contributed by atoms with Gasteiger partial charge in [0.1, 0.15) is 9.84 Å². The van der Waals surface area contributed by atoms with Crippen molar-refractivity contribution in [3.05, 3.63) is 35.4 Å². The number of benzene rings is 1. The van der Waals surface area contributed by atoms with Crippen LogP contribution >= 0.6 is 0 Å². The second-order valence-electron chi connectivity index (χ2n) is 6.67. The van der Waals surface area contributed by atoms with Gasteiger partial charge in [-0.15, -0.1) is 0 Å². The highest BCUT2D eigenvalue weighted by molar-refractivity contribution is 7.90. The molecule has 0 saturated carbocycles. The molecule has 7 heteroatoms. The summed E-state index contributed by atoms with van der Waals surface area (Å²) in [5.74, 6) is 1.35. The van der Waals surface area contributed by atoms with Crippen molar-refractivity contribution in [3.8, 4) is 0 Å². The summed E-state index contributed by atoms with van der Waals surface area (Å²) in [6.45, 7) is 6.49. The predicted octanol–water partition coefficient (Wildman–Crippen LogP) is 1.97. The molecule has 0 amide bonds. The molecule has 0 spiro atoms. The van der Waals surface area contributed by atoms with E-state index in [0.29, 0.717) is 19.1 Å². The Morgan fingerprint density at radius 3 is 2.35 bits per heavy atom. The van der Waals surface area contributed by atoms with E-state index >= 15 is 0 Å². The van der Waals surface area contributed by atoms with Crippen molar-refractivity contribution >= 4 is 15.8 Å². The third kappa shape index (κ3) is 10.4. The highest BCUT2D eigenvalue weighted by Crippen LogP contribution is 2.15. The fourth-order valence-corrected chi connectivity index (χ4v) is 2.76. The van der Waals surface area contributed by atoms with Crippen LogP contribution in [0.15, 0.2) is 29.3 Å². The van der Waals surface area contributed by atoms with Crippen molar-refractivity contribution in [3.63, 3.8) is 0 Å². The van der Waals surface area contributed by atoms with Gasteiger partial charge in [0.2, 0.25) is 0 Å². The van der Waals surface area contributed by atoms with Gasteiger partial charge in [0.25, 0.3) is 0 Å². The van der Waals surface area contributed by atoms with Gasteiger partial charge in [-0.2, -0.15) is 0 Å². The molecule has 0 bridgehead atoms. The summed E-state index contributed by atoms with van der Waals surface area (Å²) in [6, 6.07) is 8.82. The third-order valence-electron chi connectivity index (χ3n) is 3.94. The maximum atomic E-state index is 11.0. The molecule has 1 aromatic carbocycles. The number of aryl methyl sites for hydroxylation is 1. The van der Waals surface area contributed by atoms with Crippen molar-refractivity contribution in [1.29, 1.82) is 0 Å². The number of aliphatic imine (C=N–C) groups is 1. The van der Waals surface area contributed by atoms with E-state index in [-0.39, 0.29) is 12.4 Å². The Balaban J connectivity index is 2.14. The van der Waals surface area contributed by atoms with Crippen LogP contribution in [0.2, 0.25) is 0 Å². The molecule has 2 N–H and O–H groups in total. The Bertz CT molecular complexity index is 640. The van der Waals surface area contributed by atoms with E-state index in [4.69, 9.17) is 4.74 Å². The number of nitrogens with zero attached hydrogens (tertiary/aromatic N) is 1. The third-order valence-corrected chi connectivity index (χ3v) is 4.85. The molecule has 0 radical (unpaired) electrons. The lowest BCUT2D eigenvalue weighted by molar-refractivity contribution is 0.154. The predicted molar refractivity (Wildman–Crippen MR) is 109 cm³/mol. The number of hydrogen-bond acceptors (Lipinski definition) is 4. The fraction of sp³-hybridized carbons (Fsp3) is 0.632. The molecule has 0 aliphatic carbocycles. The summed E-state index contributed by atoms with van der Waals surface area (Å²) >= 11 is 0. The molecule has 0 saturated heterocycles. The number of sulfone groups is 1. The van der Waals surface area contributed by atoms with Crippen LogP contribution in [0, 0.1) is 0 Å². The van der Waals surface area contributed by atoms with Gasteiger partial charge < -0.3 is 15.4 Å². The molecule has 0 aliphatic rings. The number of guanidine groups is 1. The van der Waals surface area contributed by atoms with Gasteiger partial charge in [-0.25, -0.2) is 8.42 Å². The molecule has 0 aromatic heterocycles. The Morgan fingerprint density at radius 1 is 1.12 bits per heavy atom. The quantitative estimate of drug-likeness (QED) is 0.347. The van der Waals surface area contributed by atoms with Crippen molar-refractivity contribution in [2.45, 2.75) is 32.6 Å². The van der Waals surface area contributed by atoms with E-state index < -0.39 is 9.84 Å². The molecular weight excluding hydrogens is 350 g/mol. The summed E-state index contributed by atoms with van der Waals surface area (Å²) in [6.07, 6.45) is 3.25. The van der Waals surface area contributed by atoms with Gasteiger partial charge in [-0.3, -0.25) is 4.99 Å². The average Bonchev–Trinajstić information content (AvgIpc) is 2.59. The minimum atomic E-state index is -2.96. The molecule has 0 heterocycles. The van der Waals surface area contributed by atoms with Crippen molar-refractivity contribution < 1.29 is 13.2 Å². The van der Waals surface area contributed by atoms with Gasteiger partial charge in [-0.1, -0.05) is 38.1 Å². The maximum absolute atomic E-state index is 11.0. The van der Waals surface area contributed by atoms with Crippen LogP contribution < -0.4 is 10.6 Å². The van der Waals surface area contributed by atoms with E-state index in [1.54, 1.807) is 7.05 Å². The second kappa shape index (κ2) is 11.9. The first-order valence-electron chi connectivity index (χ1n) is 9.10. The molecular formula is C19H33N3O3S. The number of hydrogen-bond donors (Lipinski definition) is 2. The topological polar surface area (TPSA) is 79.8 Å². The minimum absolute atomic E-state index is 0.0537. The highest BCUT2D eigenvalue weighted by Gasteiger charge is 2.02. The summed E-state index contributed by atoms with van der Waals surface area (Å²) < 4.78 is 27.3. The summed E-state index contributed by atoms with van der Waals surface area (Å²) in [5, 5.41) is 6.42. The van der Waals surface area contributed by atoms with E-state index in [0.717, 1.165) is 25.3 Å². The van der Waals surface area contributed by atoms with Crippen molar-refractivity contribution in [2.75, 3.05) is 45.4 Å². The molecule has 0 aliphatic heterocycles. The van der Waals surface area contributed by atoms with E-state index in [1.165, 1.54) is 17.4 Å². The lowest BCUT2D eigenvalue weighted by atomic mass is 10.0. The first-order valence-corrected chi connectivity index (χ1v) is 11.2. The number of nitrogens with one attached hydrogen (secondary N) is 2. The molecule has 0 fully saturated rings. The molecule has 1 aromatic rings. The molecule has 0 atom stereocenters. The SMILES string of the molecule is CN=C(NCCCc1ccc(C(C)C)cc1)NCCOCCS(C)(=O)=O. The van der Waals surface area contributed by atoms with Gasteiger partial charge >= 0.3 is 0 Å². The summed E-state index contributed by atoms with van der Waals surface area (Å²) in [4.78, 5) is 4.16. The Kier molecular flexibility index (Phi) is 10.3. The van der Waals surface area contributed by atoms with Crippen LogP contribution in [-0.4, -0.2) is 59.7 Å². The van der Waals surface area contributed by atoms with E-state index in [1.807, 2.05) is 0 Å². The number of rotatable bonds is 11. The zero-order valence-electron chi connectivity index (χ0n) is 16.4. The first-order chi connectivity index (χ1) is 12.3. The standard InChI is InChI=1S/C19H33N3O3S/c1-16(2)18-9-7-17(8-10-18)6-5-11-21-19(20-3)22-12-13-25-14-15-26(4,23)24/h7-10,16H,5-6,11-15H2,1-4H3,(H2,20,21,22). The zero-order chi connectivity index (χ0) is 19.4. The van der Waals surface area contributed by atoms with Gasteiger partial charge in [0.05, 0.1) is 19.0 Å². The first kappa shape index (κ1) is 22.4. The van der Waals surface area contributed by atoms with Gasteiger partial charge in [-0.05, 0) is 29.9 Å². The minimum Gasteiger partial charge on any atom is -0.379 e. The Labute approximate surface area is 158 Å². The van der Waals surface area contributed by atoms with E-state index in [2.05, 4.69) is 53.7 Å². The van der Waals surface area contributed by atoms with Crippen LogP contribution in [0.25, 0.3) is 0 Å². The molecule has 26 heavy (non-hydrogen) atoms. The normalized spacial score (nSPS) is 12.4.